The second kappa shape index (κ2) is 8.89. The predicted octanol–water partition coefficient (Wildman–Crippen LogP) is 3.71. The molecular weight excluding hydrogens is 300 g/mol. The lowest BCUT2D eigenvalue weighted by Gasteiger charge is -2.16. The number of benzene rings is 2. The number of carbonyl (C=O) groups is 1. The first-order valence-corrected chi connectivity index (χ1v) is 7.92. The molecule has 1 amide bonds. The van der Waals surface area contributed by atoms with E-state index in [-0.39, 0.29) is 5.91 Å². The van der Waals surface area contributed by atoms with Gasteiger partial charge in [0.25, 0.3) is 0 Å². The molecule has 0 fully saturated rings. The van der Waals surface area contributed by atoms with Crippen molar-refractivity contribution in [1.82, 2.24) is 4.90 Å². The van der Waals surface area contributed by atoms with Crippen molar-refractivity contribution in [2.45, 2.75) is 13.5 Å². The summed E-state index contributed by atoms with van der Waals surface area (Å²) in [6.45, 7) is 7.29. The molecule has 126 valence electrons. The van der Waals surface area contributed by atoms with Crippen molar-refractivity contribution >= 4 is 11.6 Å². The van der Waals surface area contributed by atoms with E-state index in [1.165, 1.54) is 5.56 Å². The molecule has 0 radical (unpaired) electrons. The zero-order valence-electron chi connectivity index (χ0n) is 14.3. The molecule has 1 N–H and O–H groups in total. The van der Waals surface area contributed by atoms with Gasteiger partial charge >= 0.3 is 0 Å². The van der Waals surface area contributed by atoms with Crippen LogP contribution in [0.5, 0.6) is 5.75 Å². The molecule has 0 bridgehead atoms. The van der Waals surface area contributed by atoms with Crippen molar-refractivity contribution in [2.75, 3.05) is 25.5 Å². The van der Waals surface area contributed by atoms with E-state index in [9.17, 15) is 4.79 Å². The van der Waals surface area contributed by atoms with Crippen LogP contribution < -0.4 is 10.1 Å². The number of anilines is 1. The third-order valence-electron chi connectivity index (χ3n) is 3.33. The van der Waals surface area contributed by atoms with Crippen LogP contribution in [0.15, 0.2) is 66.7 Å². The van der Waals surface area contributed by atoms with E-state index in [1.54, 1.807) is 0 Å². The largest absolute Gasteiger partial charge is 0.489 e. The Hall–Kier alpha value is -2.59. The lowest BCUT2D eigenvalue weighted by atomic mass is 10.2. The van der Waals surface area contributed by atoms with Crippen LogP contribution in [0, 0.1) is 0 Å². The summed E-state index contributed by atoms with van der Waals surface area (Å²) >= 11 is 0. The highest BCUT2D eigenvalue weighted by Crippen LogP contribution is 2.16. The number of rotatable bonds is 8. The van der Waals surface area contributed by atoms with Crippen molar-refractivity contribution < 1.29 is 9.53 Å². The highest BCUT2D eigenvalue weighted by atomic mass is 16.5. The van der Waals surface area contributed by atoms with Gasteiger partial charge in [0.15, 0.2) is 0 Å². The van der Waals surface area contributed by atoms with Gasteiger partial charge in [-0.1, -0.05) is 36.9 Å². The number of nitrogens with zero attached hydrogens (tertiary/aromatic N) is 1. The molecule has 0 aliphatic carbocycles. The molecule has 2 aromatic rings. The van der Waals surface area contributed by atoms with Gasteiger partial charge in [-0.05, 0) is 49.4 Å². The first-order valence-electron chi connectivity index (χ1n) is 7.92. The first kappa shape index (κ1) is 17.8. The van der Waals surface area contributed by atoms with Crippen LogP contribution in [-0.2, 0) is 11.3 Å². The van der Waals surface area contributed by atoms with E-state index in [0.29, 0.717) is 13.2 Å². The van der Waals surface area contributed by atoms with Gasteiger partial charge in [0.05, 0.1) is 6.54 Å². The normalized spacial score (nSPS) is 10.5. The quantitative estimate of drug-likeness (QED) is 0.753. The summed E-state index contributed by atoms with van der Waals surface area (Å²) in [4.78, 5) is 14.1. The van der Waals surface area contributed by atoms with Crippen LogP contribution in [0.1, 0.15) is 12.5 Å². The number of hydrogen-bond acceptors (Lipinski definition) is 3. The Bertz CT molecular complexity index is 666. The number of nitrogens with one attached hydrogen (secondary N) is 1. The van der Waals surface area contributed by atoms with Gasteiger partial charge in [0.1, 0.15) is 12.4 Å². The molecular formula is C20H24N2O2. The minimum Gasteiger partial charge on any atom is -0.489 e. The smallest absolute Gasteiger partial charge is 0.238 e. The first-order chi connectivity index (χ1) is 11.5. The van der Waals surface area contributed by atoms with E-state index >= 15 is 0 Å². The van der Waals surface area contributed by atoms with Gasteiger partial charge < -0.3 is 10.1 Å². The van der Waals surface area contributed by atoms with E-state index in [0.717, 1.165) is 23.6 Å². The SMILES string of the molecule is C=C(C)COc1ccc(NC(=O)CN(C)Cc2ccccc2)cc1. The lowest BCUT2D eigenvalue weighted by Crippen LogP contribution is -2.29. The van der Waals surface area contributed by atoms with Gasteiger partial charge in [-0.3, -0.25) is 9.69 Å². The van der Waals surface area contributed by atoms with E-state index in [2.05, 4.69) is 24.0 Å². The Labute approximate surface area is 143 Å². The summed E-state index contributed by atoms with van der Waals surface area (Å²) in [5, 5.41) is 2.90. The third-order valence-corrected chi connectivity index (χ3v) is 3.33. The topological polar surface area (TPSA) is 41.6 Å². The number of amides is 1. The van der Waals surface area contributed by atoms with Crippen LogP contribution >= 0.6 is 0 Å². The molecule has 0 spiro atoms. The summed E-state index contributed by atoms with van der Waals surface area (Å²) < 4.78 is 5.54. The molecule has 2 rings (SSSR count). The van der Waals surface area contributed by atoms with Gasteiger partial charge in [-0.25, -0.2) is 0 Å². The van der Waals surface area contributed by atoms with Crippen LogP contribution in [0.3, 0.4) is 0 Å². The molecule has 0 aliphatic rings. The summed E-state index contributed by atoms with van der Waals surface area (Å²) in [6, 6.07) is 17.4. The second-order valence-electron chi connectivity index (χ2n) is 5.98. The van der Waals surface area contributed by atoms with Crippen molar-refractivity contribution in [3.63, 3.8) is 0 Å². The maximum atomic E-state index is 12.1. The molecule has 0 aliphatic heterocycles. The summed E-state index contributed by atoms with van der Waals surface area (Å²) in [5.41, 5.74) is 2.91. The Kier molecular flexibility index (Phi) is 6.58. The van der Waals surface area contributed by atoms with Crippen LogP contribution in [-0.4, -0.2) is 31.0 Å². The van der Waals surface area contributed by atoms with Crippen molar-refractivity contribution in [1.29, 1.82) is 0 Å². The zero-order valence-corrected chi connectivity index (χ0v) is 14.3. The van der Waals surface area contributed by atoms with E-state index < -0.39 is 0 Å². The highest BCUT2D eigenvalue weighted by Gasteiger charge is 2.07. The monoisotopic (exact) mass is 324 g/mol. The minimum absolute atomic E-state index is 0.0379. The van der Waals surface area contributed by atoms with Gasteiger partial charge in [0, 0.05) is 12.2 Å². The van der Waals surface area contributed by atoms with E-state index in [1.807, 2.05) is 61.3 Å². The van der Waals surface area contributed by atoms with Crippen LogP contribution in [0.4, 0.5) is 5.69 Å². The number of hydrogen-bond donors (Lipinski definition) is 1. The maximum absolute atomic E-state index is 12.1. The fourth-order valence-corrected chi connectivity index (χ4v) is 2.24. The van der Waals surface area contributed by atoms with Crippen molar-refractivity contribution in [3.8, 4) is 5.75 Å². The minimum atomic E-state index is -0.0379. The van der Waals surface area contributed by atoms with Crippen molar-refractivity contribution in [3.05, 3.63) is 72.3 Å². The molecule has 24 heavy (non-hydrogen) atoms. The molecule has 0 aromatic heterocycles. The Morgan fingerprint density at radius 2 is 1.79 bits per heavy atom. The fourth-order valence-electron chi connectivity index (χ4n) is 2.24. The molecule has 0 heterocycles. The highest BCUT2D eigenvalue weighted by molar-refractivity contribution is 5.92. The Morgan fingerprint density at radius 3 is 2.42 bits per heavy atom. The van der Waals surface area contributed by atoms with Gasteiger partial charge in [0.2, 0.25) is 5.91 Å². The third kappa shape index (κ3) is 6.26. The zero-order chi connectivity index (χ0) is 17.4. The lowest BCUT2D eigenvalue weighted by molar-refractivity contribution is -0.117. The summed E-state index contributed by atoms with van der Waals surface area (Å²) in [7, 11) is 1.93. The van der Waals surface area contributed by atoms with E-state index in [4.69, 9.17) is 4.74 Å². The molecule has 0 atom stereocenters. The Balaban J connectivity index is 1.80. The van der Waals surface area contributed by atoms with Crippen LogP contribution in [0.2, 0.25) is 0 Å². The van der Waals surface area contributed by atoms with Gasteiger partial charge in [-0.15, -0.1) is 0 Å². The standard InChI is InChI=1S/C20H24N2O2/c1-16(2)15-24-19-11-9-18(10-12-19)21-20(23)14-22(3)13-17-7-5-4-6-8-17/h4-12H,1,13-15H2,2-3H3,(H,21,23). The predicted molar refractivity (Wildman–Crippen MR) is 98.2 cm³/mol. The van der Waals surface area contributed by atoms with Crippen molar-refractivity contribution in [2.24, 2.45) is 0 Å². The Morgan fingerprint density at radius 1 is 1.12 bits per heavy atom. The van der Waals surface area contributed by atoms with Crippen LogP contribution in [0.25, 0.3) is 0 Å². The summed E-state index contributed by atoms with van der Waals surface area (Å²) in [6.07, 6.45) is 0. The molecule has 0 saturated carbocycles. The average Bonchev–Trinajstić information content (AvgIpc) is 2.54. The number of carbonyl (C=O) groups excluding carboxylic acids is 1. The average molecular weight is 324 g/mol. The molecule has 2 aromatic carbocycles. The molecule has 0 unspecified atom stereocenters. The number of ether oxygens (including phenoxy) is 1. The fraction of sp³-hybridized carbons (Fsp3) is 0.250. The maximum Gasteiger partial charge on any atom is 0.238 e. The second-order valence-corrected chi connectivity index (χ2v) is 5.98. The van der Waals surface area contributed by atoms with Gasteiger partial charge in [-0.2, -0.15) is 0 Å². The summed E-state index contributed by atoms with van der Waals surface area (Å²) in [5.74, 6) is 0.723. The molecule has 4 heteroatoms. The molecule has 4 nitrogen and oxygen atoms in total. The molecule has 0 saturated heterocycles. The number of likely N-dealkylation sites (N-methyl/N-ethyl adjacent to an activating group) is 1.